The summed E-state index contributed by atoms with van der Waals surface area (Å²) >= 11 is 0. The lowest BCUT2D eigenvalue weighted by Gasteiger charge is -2.34. The third-order valence-electron chi connectivity index (χ3n) is 4.81. The lowest BCUT2D eigenvalue weighted by molar-refractivity contribution is -0.119. The summed E-state index contributed by atoms with van der Waals surface area (Å²) in [5, 5.41) is 3.35. The highest BCUT2D eigenvalue weighted by Gasteiger charge is 2.23. The molecule has 1 aliphatic rings. The second-order valence-electron chi connectivity index (χ2n) is 7.43. The predicted octanol–water partition coefficient (Wildman–Crippen LogP) is 3.36. The summed E-state index contributed by atoms with van der Waals surface area (Å²) in [6.07, 6.45) is 2.56. The van der Waals surface area contributed by atoms with Gasteiger partial charge in [0, 0.05) is 26.1 Å². The number of rotatable bonds is 8. The Hall–Kier alpha value is -1.51. The second-order valence-corrected chi connectivity index (χ2v) is 7.43. The van der Waals surface area contributed by atoms with E-state index in [0.717, 1.165) is 44.2 Å². The van der Waals surface area contributed by atoms with Gasteiger partial charge in [-0.3, -0.25) is 4.79 Å². The molecule has 0 saturated carbocycles. The highest BCUT2D eigenvalue weighted by molar-refractivity contribution is 14.0. The number of piperidine rings is 1. The number of primary amides is 1. The maximum Gasteiger partial charge on any atom is 0.217 e. The molecule has 1 aliphatic heterocycles. The fourth-order valence-electron chi connectivity index (χ4n) is 3.40. The molecule has 28 heavy (non-hydrogen) atoms. The Morgan fingerprint density at radius 3 is 2.68 bits per heavy atom. The molecule has 1 fully saturated rings. The summed E-state index contributed by atoms with van der Waals surface area (Å²) in [6.45, 7) is 10.1. The highest BCUT2D eigenvalue weighted by atomic mass is 127. The van der Waals surface area contributed by atoms with Crippen LogP contribution in [0.2, 0.25) is 0 Å². The minimum absolute atomic E-state index is 0. The molecule has 6 nitrogen and oxygen atoms in total. The molecule has 1 saturated heterocycles. The van der Waals surface area contributed by atoms with Gasteiger partial charge in [-0.25, -0.2) is 4.99 Å². The van der Waals surface area contributed by atoms with Crippen molar-refractivity contribution in [2.45, 2.75) is 46.0 Å². The molecule has 1 heterocycles. The van der Waals surface area contributed by atoms with Crippen molar-refractivity contribution < 1.29 is 9.53 Å². The quantitative estimate of drug-likeness (QED) is 0.247. The zero-order chi connectivity index (χ0) is 19.6. The SMILES string of the molecule is CCNC(=NCCOc1ccc(C(C)C)cc1)N1CCCC(CC(N)=O)C1.I. The molecule has 1 amide bonds. The zero-order valence-corrected chi connectivity index (χ0v) is 19.6. The van der Waals surface area contributed by atoms with Gasteiger partial charge in [0.05, 0.1) is 6.54 Å². The molecule has 1 unspecified atom stereocenters. The van der Waals surface area contributed by atoms with E-state index < -0.39 is 0 Å². The van der Waals surface area contributed by atoms with Crippen molar-refractivity contribution in [2.75, 3.05) is 32.8 Å². The summed E-state index contributed by atoms with van der Waals surface area (Å²) in [5.74, 6) is 2.38. The van der Waals surface area contributed by atoms with E-state index in [0.29, 0.717) is 31.4 Å². The van der Waals surface area contributed by atoms with E-state index in [9.17, 15) is 4.79 Å². The van der Waals surface area contributed by atoms with Gasteiger partial charge in [0.1, 0.15) is 12.4 Å². The van der Waals surface area contributed by atoms with Crippen LogP contribution in [-0.2, 0) is 4.79 Å². The first kappa shape index (κ1) is 24.5. The number of nitrogens with zero attached hydrogens (tertiary/aromatic N) is 2. The second kappa shape index (κ2) is 12.9. The average molecular weight is 502 g/mol. The van der Waals surface area contributed by atoms with Crippen LogP contribution in [0.25, 0.3) is 0 Å². The largest absolute Gasteiger partial charge is 0.492 e. The number of hydrogen-bond donors (Lipinski definition) is 2. The number of benzene rings is 1. The van der Waals surface area contributed by atoms with Crippen LogP contribution in [0.3, 0.4) is 0 Å². The third-order valence-corrected chi connectivity index (χ3v) is 4.81. The average Bonchev–Trinajstić information content (AvgIpc) is 2.64. The van der Waals surface area contributed by atoms with Crippen LogP contribution < -0.4 is 15.8 Å². The molecule has 158 valence electrons. The first-order valence-corrected chi connectivity index (χ1v) is 10.0. The number of carbonyl (C=O) groups excluding carboxylic acids is 1. The summed E-state index contributed by atoms with van der Waals surface area (Å²) in [5.41, 5.74) is 6.67. The number of hydrogen-bond acceptors (Lipinski definition) is 3. The van der Waals surface area contributed by atoms with Crippen LogP contribution in [0.5, 0.6) is 5.75 Å². The molecule has 0 radical (unpaired) electrons. The Bertz CT molecular complexity index is 619. The number of aliphatic imine (C=N–C) groups is 1. The number of amides is 1. The van der Waals surface area contributed by atoms with Crippen LogP contribution in [-0.4, -0.2) is 49.6 Å². The van der Waals surface area contributed by atoms with Crippen molar-refractivity contribution in [2.24, 2.45) is 16.6 Å². The van der Waals surface area contributed by atoms with Crippen molar-refractivity contribution in [3.63, 3.8) is 0 Å². The molecule has 1 aromatic carbocycles. The van der Waals surface area contributed by atoms with E-state index >= 15 is 0 Å². The van der Waals surface area contributed by atoms with Crippen molar-refractivity contribution >= 4 is 35.8 Å². The molecule has 1 atom stereocenters. The number of nitrogens with one attached hydrogen (secondary N) is 1. The molecule has 0 aliphatic carbocycles. The van der Waals surface area contributed by atoms with Gasteiger partial charge < -0.3 is 20.7 Å². The Morgan fingerprint density at radius 1 is 1.36 bits per heavy atom. The van der Waals surface area contributed by atoms with Crippen LogP contribution in [0, 0.1) is 5.92 Å². The van der Waals surface area contributed by atoms with E-state index in [2.05, 4.69) is 43.1 Å². The number of ether oxygens (including phenoxy) is 1. The van der Waals surface area contributed by atoms with Crippen LogP contribution in [0.15, 0.2) is 29.3 Å². The fraction of sp³-hybridized carbons (Fsp3) is 0.619. The maximum absolute atomic E-state index is 11.2. The van der Waals surface area contributed by atoms with E-state index in [1.807, 2.05) is 12.1 Å². The van der Waals surface area contributed by atoms with Crippen LogP contribution in [0.4, 0.5) is 0 Å². The first-order chi connectivity index (χ1) is 13.0. The molecule has 7 heteroatoms. The van der Waals surface area contributed by atoms with E-state index in [4.69, 9.17) is 15.5 Å². The normalized spacial score (nSPS) is 17.2. The van der Waals surface area contributed by atoms with Crippen molar-refractivity contribution in [3.05, 3.63) is 29.8 Å². The summed E-state index contributed by atoms with van der Waals surface area (Å²) < 4.78 is 5.82. The Balaban J connectivity index is 0.00000392. The van der Waals surface area contributed by atoms with Crippen molar-refractivity contribution in [1.29, 1.82) is 0 Å². The van der Waals surface area contributed by atoms with Crippen LogP contribution >= 0.6 is 24.0 Å². The van der Waals surface area contributed by atoms with Gasteiger partial charge in [0.15, 0.2) is 5.96 Å². The minimum Gasteiger partial charge on any atom is -0.492 e. The number of nitrogens with two attached hydrogens (primary N) is 1. The Labute approximate surface area is 186 Å². The number of likely N-dealkylation sites (tertiary alicyclic amines) is 1. The number of halogens is 1. The van der Waals surface area contributed by atoms with Crippen molar-refractivity contribution in [3.8, 4) is 5.75 Å². The molecule has 2 rings (SSSR count). The zero-order valence-electron chi connectivity index (χ0n) is 17.3. The number of guanidine groups is 1. The summed E-state index contributed by atoms with van der Waals surface area (Å²) in [4.78, 5) is 18.2. The fourth-order valence-corrected chi connectivity index (χ4v) is 3.40. The van der Waals surface area contributed by atoms with Gasteiger partial charge in [-0.15, -0.1) is 24.0 Å². The minimum atomic E-state index is -0.222. The van der Waals surface area contributed by atoms with Crippen LogP contribution in [0.1, 0.15) is 51.5 Å². The lowest BCUT2D eigenvalue weighted by atomic mass is 9.95. The Kier molecular flexibility index (Phi) is 11.3. The monoisotopic (exact) mass is 502 g/mol. The molecule has 0 spiro atoms. The topological polar surface area (TPSA) is 80.0 Å². The molecular formula is C21H35IN4O2. The standard InChI is InChI=1S/C21H34N4O2.HI/c1-4-23-21(25-12-5-6-17(15-25)14-20(22)26)24-11-13-27-19-9-7-18(8-10-19)16(2)3;/h7-10,16-17H,4-6,11-15H2,1-3H3,(H2,22,26)(H,23,24);1H. The molecule has 1 aromatic rings. The van der Waals surface area contributed by atoms with Crippen molar-refractivity contribution in [1.82, 2.24) is 10.2 Å². The van der Waals surface area contributed by atoms with E-state index in [1.165, 1.54) is 5.56 Å². The van der Waals surface area contributed by atoms with Gasteiger partial charge >= 0.3 is 0 Å². The summed E-state index contributed by atoms with van der Waals surface area (Å²) in [6, 6.07) is 8.26. The van der Waals surface area contributed by atoms with E-state index in [1.54, 1.807) is 0 Å². The van der Waals surface area contributed by atoms with Gasteiger partial charge in [-0.2, -0.15) is 0 Å². The molecular weight excluding hydrogens is 467 g/mol. The predicted molar refractivity (Wildman–Crippen MR) is 126 cm³/mol. The van der Waals surface area contributed by atoms with Gasteiger partial charge in [0.2, 0.25) is 5.91 Å². The van der Waals surface area contributed by atoms with E-state index in [-0.39, 0.29) is 29.9 Å². The lowest BCUT2D eigenvalue weighted by Crippen LogP contribution is -2.47. The molecule has 3 N–H and O–H groups in total. The first-order valence-electron chi connectivity index (χ1n) is 10.0. The highest BCUT2D eigenvalue weighted by Crippen LogP contribution is 2.20. The van der Waals surface area contributed by atoms with Gasteiger partial charge in [-0.05, 0) is 49.3 Å². The smallest absolute Gasteiger partial charge is 0.217 e. The third kappa shape index (κ3) is 8.24. The van der Waals surface area contributed by atoms with Gasteiger partial charge in [0.25, 0.3) is 0 Å². The maximum atomic E-state index is 11.2. The summed E-state index contributed by atoms with van der Waals surface area (Å²) in [7, 11) is 0. The Morgan fingerprint density at radius 2 is 2.07 bits per heavy atom. The molecule has 0 bridgehead atoms. The van der Waals surface area contributed by atoms with Gasteiger partial charge in [-0.1, -0.05) is 26.0 Å². The number of carbonyl (C=O) groups is 1. The molecule has 0 aromatic heterocycles.